The molecule has 112 valence electrons. The molecule has 0 saturated heterocycles. The Morgan fingerprint density at radius 2 is 2.27 bits per heavy atom. The molecule has 0 spiro atoms. The zero-order valence-electron chi connectivity index (χ0n) is 12.2. The predicted molar refractivity (Wildman–Crippen MR) is 84.0 cm³/mol. The molecule has 7 heteroatoms. The molecular weight excluding hydrogens is 298 g/mol. The van der Waals surface area contributed by atoms with E-state index in [1.165, 1.54) is 11.0 Å². The summed E-state index contributed by atoms with van der Waals surface area (Å²) in [5.41, 5.74) is 0.575. The van der Waals surface area contributed by atoms with Crippen molar-refractivity contribution < 1.29 is 4.79 Å². The van der Waals surface area contributed by atoms with Crippen molar-refractivity contribution in [3.63, 3.8) is 0 Å². The lowest BCUT2D eigenvalue weighted by Crippen LogP contribution is -2.29. The molecule has 0 unspecified atom stereocenters. The molecule has 0 N–H and O–H groups in total. The largest absolute Gasteiger partial charge is 0.334 e. The van der Waals surface area contributed by atoms with E-state index in [2.05, 4.69) is 15.1 Å². The topological polar surface area (TPSA) is 63.9 Å². The summed E-state index contributed by atoms with van der Waals surface area (Å²) in [6, 6.07) is 7.47. The number of rotatable bonds is 4. The van der Waals surface area contributed by atoms with Gasteiger partial charge in [0.15, 0.2) is 5.82 Å². The smallest absolute Gasteiger partial charge is 0.254 e. The summed E-state index contributed by atoms with van der Waals surface area (Å²) in [5, 5.41) is 6.04. The van der Waals surface area contributed by atoms with E-state index in [-0.39, 0.29) is 11.9 Å². The number of amides is 1. The van der Waals surface area contributed by atoms with E-state index in [1.54, 1.807) is 40.9 Å². The molecule has 0 radical (unpaired) electrons. The van der Waals surface area contributed by atoms with Crippen LogP contribution in [0.2, 0.25) is 0 Å². The lowest BCUT2D eigenvalue weighted by molar-refractivity contribution is 0.0745. The molecule has 0 bridgehead atoms. The van der Waals surface area contributed by atoms with E-state index in [1.807, 2.05) is 31.5 Å². The summed E-state index contributed by atoms with van der Waals surface area (Å²) >= 11 is 1.64. The molecular formula is C15H15N5OS. The molecule has 0 aromatic carbocycles. The average molecular weight is 313 g/mol. The van der Waals surface area contributed by atoms with Gasteiger partial charge in [0.2, 0.25) is 0 Å². The van der Waals surface area contributed by atoms with Crippen LogP contribution in [0.15, 0.2) is 48.5 Å². The van der Waals surface area contributed by atoms with E-state index < -0.39 is 0 Å². The molecule has 0 saturated carbocycles. The Kier molecular flexibility index (Phi) is 3.97. The van der Waals surface area contributed by atoms with Gasteiger partial charge in [0, 0.05) is 23.7 Å². The molecule has 1 atom stereocenters. The van der Waals surface area contributed by atoms with Crippen LogP contribution >= 0.6 is 11.3 Å². The Morgan fingerprint density at radius 3 is 2.95 bits per heavy atom. The molecule has 0 aliphatic rings. The maximum absolute atomic E-state index is 12.7. The first-order chi connectivity index (χ1) is 10.7. The van der Waals surface area contributed by atoms with Crippen molar-refractivity contribution in [1.29, 1.82) is 0 Å². The van der Waals surface area contributed by atoms with Crippen molar-refractivity contribution in [2.24, 2.45) is 0 Å². The van der Waals surface area contributed by atoms with Gasteiger partial charge in [-0.1, -0.05) is 6.07 Å². The highest BCUT2D eigenvalue weighted by atomic mass is 32.1. The minimum Gasteiger partial charge on any atom is -0.334 e. The van der Waals surface area contributed by atoms with Gasteiger partial charge in [-0.3, -0.25) is 4.79 Å². The predicted octanol–water partition coefficient (Wildman–Crippen LogP) is 2.56. The third kappa shape index (κ3) is 2.75. The van der Waals surface area contributed by atoms with Crippen molar-refractivity contribution in [3.05, 3.63) is 58.9 Å². The van der Waals surface area contributed by atoms with E-state index >= 15 is 0 Å². The number of carbonyl (C=O) groups excluding carboxylic acids is 1. The van der Waals surface area contributed by atoms with Gasteiger partial charge in [-0.15, -0.1) is 11.3 Å². The van der Waals surface area contributed by atoms with Crippen molar-refractivity contribution >= 4 is 17.2 Å². The van der Waals surface area contributed by atoms with Gasteiger partial charge in [-0.25, -0.2) is 14.6 Å². The number of thiophene rings is 1. The summed E-state index contributed by atoms with van der Waals surface area (Å²) in [5.74, 6) is 0.519. The number of carbonyl (C=O) groups is 1. The van der Waals surface area contributed by atoms with Gasteiger partial charge in [0.05, 0.1) is 6.04 Å². The highest BCUT2D eigenvalue weighted by molar-refractivity contribution is 7.10. The summed E-state index contributed by atoms with van der Waals surface area (Å²) in [6.07, 6.45) is 4.59. The van der Waals surface area contributed by atoms with Crippen LogP contribution in [0.3, 0.4) is 0 Å². The Balaban J connectivity index is 1.84. The van der Waals surface area contributed by atoms with Gasteiger partial charge in [0.25, 0.3) is 5.91 Å². The third-order valence-corrected chi connectivity index (χ3v) is 4.54. The number of pyridine rings is 1. The summed E-state index contributed by atoms with van der Waals surface area (Å²) < 4.78 is 1.53. The fraction of sp³-hybridized carbons (Fsp3) is 0.200. The molecule has 3 rings (SSSR count). The first kappa shape index (κ1) is 14.4. The second-order valence-corrected chi connectivity index (χ2v) is 5.83. The van der Waals surface area contributed by atoms with Gasteiger partial charge >= 0.3 is 0 Å². The molecule has 6 nitrogen and oxygen atoms in total. The van der Waals surface area contributed by atoms with Crippen LogP contribution in [0.5, 0.6) is 0 Å². The van der Waals surface area contributed by atoms with Gasteiger partial charge in [0.1, 0.15) is 12.7 Å². The fourth-order valence-electron chi connectivity index (χ4n) is 2.10. The first-order valence-corrected chi connectivity index (χ1v) is 7.66. The molecule has 22 heavy (non-hydrogen) atoms. The maximum Gasteiger partial charge on any atom is 0.254 e. The molecule has 3 heterocycles. The average Bonchev–Trinajstić information content (AvgIpc) is 3.25. The van der Waals surface area contributed by atoms with Crippen molar-refractivity contribution in [1.82, 2.24) is 24.6 Å². The highest BCUT2D eigenvalue weighted by Crippen LogP contribution is 2.24. The molecule has 0 fully saturated rings. The minimum absolute atomic E-state index is 0.0236. The Bertz CT molecular complexity index is 754. The Labute approximate surface area is 132 Å². The van der Waals surface area contributed by atoms with Crippen LogP contribution in [-0.4, -0.2) is 37.6 Å². The van der Waals surface area contributed by atoms with Gasteiger partial charge in [-0.2, -0.15) is 5.10 Å². The second kappa shape index (κ2) is 6.07. The lowest BCUT2D eigenvalue weighted by atomic mass is 10.2. The quantitative estimate of drug-likeness (QED) is 0.742. The number of nitrogens with zero attached hydrogens (tertiary/aromatic N) is 5. The standard InChI is InChI=1S/C15H15N5OS/c1-11(13-4-3-7-22-13)19(2)15(21)12-5-6-17-14(8-12)20-10-16-9-18-20/h3-11H,1-2H3/t11-/m0/s1. The molecule has 3 aromatic heterocycles. The van der Waals surface area contributed by atoms with E-state index in [0.717, 1.165) is 4.88 Å². The number of aromatic nitrogens is 4. The van der Waals surface area contributed by atoms with Gasteiger partial charge < -0.3 is 4.90 Å². The fourth-order valence-corrected chi connectivity index (χ4v) is 2.93. The van der Waals surface area contributed by atoms with Crippen LogP contribution < -0.4 is 0 Å². The normalized spacial score (nSPS) is 12.1. The molecule has 0 aliphatic heterocycles. The summed E-state index contributed by atoms with van der Waals surface area (Å²) in [7, 11) is 1.81. The van der Waals surface area contributed by atoms with Crippen molar-refractivity contribution in [3.8, 4) is 5.82 Å². The summed E-state index contributed by atoms with van der Waals surface area (Å²) in [4.78, 5) is 23.6. The first-order valence-electron chi connectivity index (χ1n) is 6.78. The Morgan fingerprint density at radius 1 is 1.41 bits per heavy atom. The molecule has 1 amide bonds. The van der Waals surface area contributed by atoms with E-state index in [0.29, 0.717) is 11.4 Å². The number of hydrogen-bond donors (Lipinski definition) is 0. The maximum atomic E-state index is 12.7. The minimum atomic E-state index is -0.0512. The van der Waals surface area contributed by atoms with Crippen LogP contribution in [0.1, 0.15) is 28.2 Å². The summed E-state index contributed by atoms with van der Waals surface area (Å²) in [6.45, 7) is 2.02. The zero-order valence-corrected chi connectivity index (χ0v) is 13.1. The molecule has 0 aliphatic carbocycles. The molecule has 3 aromatic rings. The zero-order chi connectivity index (χ0) is 15.5. The lowest BCUT2D eigenvalue weighted by Gasteiger charge is -2.24. The highest BCUT2D eigenvalue weighted by Gasteiger charge is 2.20. The van der Waals surface area contributed by atoms with Crippen molar-refractivity contribution in [2.45, 2.75) is 13.0 Å². The second-order valence-electron chi connectivity index (χ2n) is 4.85. The van der Waals surface area contributed by atoms with Crippen molar-refractivity contribution in [2.75, 3.05) is 7.05 Å². The monoisotopic (exact) mass is 313 g/mol. The SMILES string of the molecule is C[C@@H](c1cccs1)N(C)C(=O)c1ccnc(-n2cncn2)c1. The van der Waals surface area contributed by atoms with Gasteiger partial charge in [-0.05, 0) is 30.5 Å². The van der Waals surface area contributed by atoms with Crippen LogP contribution in [0.25, 0.3) is 5.82 Å². The van der Waals surface area contributed by atoms with Crippen LogP contribution in [0.4, 0.5) is 0 Å². The van der Waals surface area contributed by atoms with E-state index in [9.17, 15) is 4.79 Å². The number of hydrogen-bond acceptors (Lipinski definition) is 5. The van der Waals surface area contributed by atoms with E-state index in [4.69, 9.17) is 0 Å². The Hall–Kier alpha value is -2.54. The van der Waals surface area contributed by atoms with Crippen LogP contribution in [0, 0.1) is 0 Å². The third-order valence-electron chi connectivity index (χ3n) is 3.50. The van der Waals surface area contributed by atoms with Crippen LogP contribution in [-0.2, 0) is 0 Å².